The molecule has 11 heteroatoms. The number of nitrogens with one attached hydrogen (secondary N) is 3. The van der Waals surface area contributed by atoms with Crippen molar-refractivity contribution in [3.8, 4) is 0 Å². The first kappa shape index (κ1) is 20.0. The Morgan fingerprint density at radius 3 is 2.69 bits per heavy atom. The molecule has 8 nitrogen and oxygen atoms in total. The molecule has 0 atom stereocenters. The van der Waals surface area contributed by atoms with E-state index in [2.05, 4.69) is 26.0 Å². The topological polar surface area (TPSA) is 100 Å². The van der Waals surface area contributed by atoms with Crippen molar-refractivity contribution in [2.45, 2.75) is 31.5 Å². The van der Waals surface area contributed by atoms with Gasteiger partial charge in [-0.15, -0.1) is 0 Å². The molecule has 1 aliphatic heterocycles. The molecule has 3 N–H and O–H groups in total. The number of alkyl halides is 3. The Hall–Kier alpha value is -3.89. The minimum Gasteiger partial charge on any atom is -0.367 e. The second-order valence-electron chi connectivity index (χ2n) is 7.71. The molecule has 2 aliphatic rings. The molecule has 5 rings (SSSR count). The summed E-state index contributed by atoms with van der Waals surface area (Å²) in [7, 11) is 0. The summed E-state index contributed by atoms with van der Waals surface area (Å²) < 4.78 is 40.8. The van der Waals surface area contributed by atoms with Gasteiger partial charge in [-0.3, -0.25) is 14.9 Å². The zero-order chi connectivity index (χ0) is 22.5. The largest absolute Gasteiger partial charge is 0.416 e. The molecule has 0 spiro atoms. The summed E-state index contributed by atoms with van der Waals surface area (Å²) in [6, 6.07) is 6.79. The number of rotatable bonds is 5. The van der Waals surface area contributed by atoms with Crippen LogP contribution in [0.3, 0.4) is 0 Å². The molecule has 1 saturated heterocycles. The van der Waals surface area contributed by atoms with Gasteiger partial charge in [0.15, 0.2) is 5.65 Å². The summed E-state index contributed by atoms with van der Waals surface area (Å²) in [5.74, 6) is 0.0771. The van der Waals surface area contributed by atoms with Crippen LogP contribution in [0, 0.1) is 0 Å². The first-order chi connectivity index (χ1) is 15.3. The average molecular weight is 442 g/mol. The van der Waals surface area contributed by atoms with E-state index in [1.54, 1.807) is 16.7 Å². The number of carbonyl (C=O) groups excluding carboxylic acids is 2. The zero-order valence-electron chi connectivity index (χ0n) is 16.5. The SMILES string of the molecule is O=C1C/C(=C\c2cnn3c(NC4CC4)cc(Nc4cccc(C(F)(F)F)c4)nc23)C(=O)N1. The van der Waals surface area contributed by atoms with E-state index >= 15 is 0 Å². The number of nitrogens with zero attached hydrogens (tertiary/aromatic N) is 3. The molecule has 0 unspecified atom stereocenters. The van der Waals surface area contributed by atoms with E-state index in [4.69, 9.17) is 0 Å². The van der Waals surface area contributed by atoms with Gasteiger partial charge in [-0.2, -0.15) is 22.8 Å². The molecular formula is C21H17F3N6O2. The molecule has 1 aromatic carbocycles. The lowest BCUT2D eigenvalue weighted by Gasteiger charge is -2.13. The molecule has 3 aromatic rings. The Kier molecular flexibility index (Phi) is 4.61. The minimum absolute atomic E-state index is 0.0362. The van der Waals surface area contributed by atoms with Crippen LogP contribution in [-0.2, 0) is 15.8 Å². The highest BCUT2D eigenvalue weighted by molar-refractivity contribution is 6.15. The third-order valence-electron chi connectivity index (χ3n) is 5.12. The number of aromatic nitrogens is 3. The van der Waals surface area contributed by atoms with Gasteiger partial charge in [-0.05, 0) is 37.1 Å². The predicted octanol–water partition coefficient (Wildman–Crippen LogP) is 3.50. The molecule has 1 aliphatic carbocycles. The molecular weight excluding hydrogens is 425 g/mol. The van der Waals surface area contributed by atoms with Gasteiger partial charge in [0.05, 0.1) is 18.2 Å². The van der Waals surface area contributed by atoms with Gasteiger partial charge in [0, 0.05) is 28.9 Å². The van der Waals surface area contributed by atoms with Gasteiger partial charge >= 0.3 is 6.18 Å². The van der Waals surface area contributed by atoms with Gasteiger partial charge in [0.25, 0.3) is 5.91 Å². The molecule has 2 amide bonds. The van der Waals surface area contributed by atoms with Gasteiger partial charge in [0.1, 0.15) is 11.6 Å². The van der Waals surface area contributed by atoms with E-state index in [1.807, 2.05) is 0 Å². The third-order valence-corrected chi connectivity index (χ3v) is 5.12. The second-order valence-corrected chi connectivity index (χ2v) is 7.71. The number of carbonyl (C=O) groups is 2. The molecule has 2 fully saturated rings. The summed E-state index contributed by atoms with van der Waals surface area (Å²) in [5, 5.41) is 12.8. The van der Waals surface area contributed by atoms with Gasteiger partial charge < -0.3 is 10.6 Å². The van der Waals surface area contributed by atoms with Crippen molar-refractivity contribution in [3.63, 3.8) is 0 Å². The normalized spacial score (nSPS) is 17.8. The van der Waals surface area contributed by atoms with Crippen molar-refractivity contribution in [2.24, 2.45) is 0 Å². The van der Waals surface area contributed by atoms with Crippen LogP contribution in [0.1, 0.15) is 30.4 Å². The van der Waals surface area contributed by atoms with Crippen molar-refractivity contribution in [1.29, 1.82) is 0 Å². The summed E-state index contributed by atoms with van der Waals surface area (Å²) in [5.41, 5.74) is 0.654. The number of halogens is 3. The Labute approximate surface area is 179 Å². The van der Waals surface area contributed by atoms with Crippen molar-refractivity contribution in [1.82, 2.24) is 19.9 Å². The van der Waals surface area contributed by atoms with Gasteiger partial charge in [-0.25, -0.2) is 4.98 Å². The minimum atomic E-state index is -4.46. The number of amides is 2. The number of hydrogen-bond acceptors (Lipinski definition) is 6. The van der Waals surface area contributed by atoms with Crippen molar-refractivity contribution < 1.29 is 22.8 Å². The highest BCUT2D eigenvalue weighted by Crippen LogP contribution is 2.32. The Morgan fingerprint density at radius 2 is 2.00 bits per heavy atom. The van der Waals surface area contributed by atoms with E-state index in [0.717, 1.165) is 25.0 Å². The first-order valence-electron chi connectivity index (χ1n) is 9.90. The van der Waals surface area contributed by atoms with Crippen molar-refractivity contribution in [3.05, 3.63) is 53.2 Å². The Morgan fingerprint density at radius 1 is 1.19 bits per heavy atom. The third kappa shape index (κ3) is 4.01. The van der Waals surface area contributed by atoms with Crippen LogP contribution in [-0.4, -0.2) is 32.5 Å². The van der Waals surface area contributed by atoms with Crippen molar-refractivity contribution in [2.75, 3.05) is 10.6 Å². The number of anilines is 3. The highest BCUT2D eigenvalue weighted by Gasteiger charge is 2.30. The van der Waals surface area contributed by atoms with Crippen LogP contribution in [0.5, 0.6) is 0 Å². The van der Waals surface area contributed by atoms with Crippen LogP contribution in [0.2, 0.25) is 0 Å². The molecule has 0 radical (unpaired) electrons. The molecule has 1 saturated carbocycles. The molecule has 3 heterocycles. The van der Waals surface area contributed by atoms with E-state index in [1.165, 1.54) is 18.3 Å². The lowest BCUT2D eigenvalue weighted by Crippen LogP contribution is -2.19. The maximum Gasteiger partial charge on any atom is 0.416 e. The summed E-state index contributed by atoms with van der Waals surface area (Å²) in [4.78, 5) is 27.9. The van der Waals surface area contributed by atoms with Crippen LogP contribution in [0.15, 0.2) is 42.1 Å². The molecule has 32 heavy (non-hydrogen) atoms. The number of hydrogen-bond donors (Lipinski definition) is 3. The lowest BCUT2D eigenvalue weighted by atomic mass is 10.1. The number of fused-ring (bicyclic) bond motifs is 1. The monoisotopic (exact) mass is 442 g/mol. The maximum absolute atomic E-state index is 13.1. The summed E-state index contributed by atoms with van der Waals surface area (Å²) in [6.45, 7) is 0. The van der Waals surface area contributed by atoms with Crippen LogP contribution in [0.25, 0.3) is 11.7 Å². The lowest BCUT2D eigenvalue weighted by molar-refractivity contribution is -0.137. The average Bonchev–Trinajstić information content (AvgIpc) is 3.36. The van der Waals surface area contributed by atoms with E-state index < -0.39 is 17.6 Å². The molecule has 2 aromatic heterocycles. The Balaban J connectivity index is 1.55. The van der Waals surface area contributed by atoms with Crippen LogP contribution in [0.4, 0.5) is 30.5 Å². The Bertz CT molecular complexity index is 1280. The quantitative estimate of drug-likeness (QED) is 0.413. The number of imide groups is 1. The molecule has 0 bridgehead atoms. The smallest absolute Gasteiger partial charge is 0.367 e. The summed E-state index contributed by atoms with van der Waals surface area (Å²) in [6.07, 6.45) is 0.576. The van der Waals surface area contributed by atoms with Gasteiger partial charge in [0.2, 0.25) is 5.91 Å². The fraction of sp³-hybridized carbons (Fsp3) is 0.238. The van der Waals surface area contributed by atoms with E-state index in [9.17, 15) is 22.8 Å². The van der Waals surface area contributed by atoms with Crippen LogP contribution < -0.4 is 16.0 Å². The fourth-order valence-corrected chi connectivity index (χ4v) is 3.42. The second kappa shape index (κ2) is 7.36. The van der Waals surface area contributed by atoms with Crippen LogP contribution >= 0.6 is 0 Å². The standard InChI is InChI=1S/C21H17F3N6O2/c22-21(23,24)13-2-1-3-15(8-13)26-16-9-17(27-14-4-5-14)30-19(28-16)12(10-25-30)6-11-7-18(31)29-20(11)32/h1-3,6,8-10,14,27H,4-5,7H2,(H,26,28)(H,29,31,32)/b11-6+. The first-order valence-corrected chi connectivity index (χ1v) is 9.90. The zero-order valence-corrected chi connectivity index (χ0v) is 16.5. The van der Waals surface area contributed by atoms with Crippen molar-refractivity contribution >= 4 is 40.9 Å². The summed E-state index contributed by atoms with van der Waals surface area (Å²) >= 11 is 0. The number of benzene rings is 1. The fourth-order valence-electron chi connectivity index (χ4n) is 3.42. The van der Waals surface area contributed by atoms with E-state index in [-0.39, 0.29) is 24.1 Å². The van der Waals surface area contributed by atoms with E-state index in [0.29, 0.717) is 28.4 Å². The van der Waals surface area contributed by atoms with Gasteiger partial charge in [-0.1, -0.05) is 6.07 Å². The highest BCUT2D eigenvalue weighted by atomic mass is 19.4. The predicted molar refractivity (Wildman–Crippen MR) is 110 cm³/mol. The molecule has 164 valence electrons. The maximum atomic E-state index is 13.1.